The van der Waals surface area contributed by atoms with Crippen molar-refractivity contribution in [2.75, 3.05) is 10.8 Å². The Kier molecular flexibility index (Phi) is 5.01. The van der Waals surface area contributed by atoms with Crippen molar-refractivity contribution in [3.05, 3.63) is 72.3 Å². The summed E-state index contributed by atoms with van der Waals surface area (Å²) in [6.45, 7) is 7.26. The molecule has 0 aromatic heterocycles. The van der Waals surface area contributed by atoms with Gasteiger partial charge in [0.2, 0.25) is 0 Å². The van der Waals surface area contributed by atoms with Crippen LogP contribution in [0.4, 0.5) is 5.69 Å². The van der Waals surface area contributed by atoms with Crippen molar-refractivity contribution in [3.63, 3.8) is 0 Å². The van der Waals surface area contributed by atoms with Crippen LogP contribution >= 0.6 is 0 Å². The summed E-state index contributed by atoms with van der Waals surface area (Å²) in [5.41, 5.74) is 2.53. The molecule has 0 N–H and O–H groups in total. The van der Waals surface area contributed by atoms with Gasteiger partial charge >= 0.3 is 0 Å². The number of rotatable bonds is 5. The van der Waals surface area contributed by atoms with Gasteiger partial charge in [-0.05, 0) is 44.2 Å². The van der Waals surface area contributed by atoms with Crippen LogP contribution in [0, 0.1) is 13.8 Å². The summed E-state index contributed by atoms with van der Waals surface area (Å²) < 4.78 is 25.2. The molecule has 0 bridgehead atoms. The number of amides is 1. The maximum absolute atomic E-state index is 12.6. The zero-order valence-corrected chi connectivity index (χ0v) is 14.0. The molecule has 0 saturated carbocycles. The van der Waals surface area contributed by atoms with E-state index in [0.717, 1.165) is 17.2 Å². The Morgan fingerprint density at radius 2 is 1.48 bits per heavy atom. The predicted octanol–water partition coefficient (Wildman–Crippen LogP) is 3.25. The molecule has 4 nitrogen and oxygen atoms in total. The molecule has 0 aliphatic rings. The maximum atomic E-state index is 12.6. The number of aryl methyl sites for hydroxylation is 2. The quantitative estimate of drug-likeness (QED) is 0.791. The number of nitrogens with zero attached hydrogens (tertiary/aromatic N) is 1. The van der Waals surface area contributed by atoms with Crippen molar-refractivity contribution in [3.8, 4) is 0 Å². The van der Waals surface area contributed by atoms with Crippen molar-refractivity contribution in [2.45, 2.75) is 18.7 Å². The van der Waals surface area contributed by atoms with Crippen LogP contribution in [-0.2, 0) is 14.6 Å². The van der Waals surface area contributed by atoms with E-state index < -0.39 is 21.6 Å². The predicted molar refractivity (Wildman–Crippen MR) is 92.1 cm³/mol. The molecular formula is C18H19NO3S. The van der Waals surface area contributed by atoms with Gasteiger partial charge in [-0.3, -0.25) is 9.69 Å². The number of hydrogen-bond acceptors (Lipinski definition) is 3. The van der Waals surface area contributed by atoms with Gasteiger partial charge in [-0.1, -0.05) is 42.0 Å². The minimum atomic E-state index is -3.63. The molecule has 2 aromatic rings. The molecule has 0 heterocycles. The topological polar surface area (TPSA) is 54.5 Å². The first kappa shape index (κ1) is 17.0. The molecule has 1 amide bonds. The van der Waals surface area contributed by atoms with Crippen LogP contribution in [0.1, 0.15) is 11.1 Å². The SMILES string of the molecule is C=CC(=O)N(CS(=O)(=O)c1ccc(C)cc1)c1ccc(C)cc1. The lowest BCUT2D eigenvalue weighted by atomic mass is 10.2. The van der Waals surface area contributed by atoms with Crippen LogP contribution in [0.2, 0.25) is 0 Å². The summed E-state index contributed by atoms with van der Waals surface area (Å²) >= 11 is 0. The molecule has 2 rings (SSSR count). The fourth-order valence-electron chi connectivity index (χ4n) is 2.09. The Morgan fingerprint density at radius 1 is 1.00 bits per heavy atom. The van der Waals surface area contributed by atoms with E-state index in [1.807, 2.05) is 26.0 Å². The number of benzene rings is 2. The summed E-state index contributed by atoms with van der Waals surface area (Å²) in [6.07, 6.45) is 1.12. The molecule has 2 aromatic carbocycles. The van der Waals surface area contributed by atoms with Gasteiger partial charge in [0, 0.05) is 5.69 Å². The molecule has 0 fully saturated rings. The monoisotopic (exact) mass is 329 g/mol. The first-order valence-electron chi connectivity index (χ1n) is 7.13. The minimum absolute atomic E-state index is 0.192. The number of carbonyl (C=O) groups is 1. The largest absolute Gasteiger partial charge is 0.294 e. The van der Waals surface area contributed by atoms with Gasteiger partial charge in [0.25, 0.3) is 5.91 Å². The summed E-state index contributed by atoms with van der Waals surface area (Å²) in [5.74, 6) is -0.881. The van der Waals surface area contributed by atoms with Crippen molar-refractivity contribution in [1.29, 1.82) is 0 Å². The van der Waals surface area contributed by atoms with Crippen LogP contribution in [0.25, 0.3) is 0 Å². The van der Waals surface area contributed by atoms with Gasteiger partial charge in [0.1, 0.15) is 5.88 Å². The van der Waals surface area contributed by atoms with E-state index in [2.05, 4.69) is 6.58 Å². The maximum Gasteiger partial charge on any atom is 0.251 e. The van der Waals surface area contributed by atoms with E-state index in [9.17, 15) is 13.2 Å². The fraction of sp³-hybridized carbons (Fsp3) is 0.167. The Labute approximate surface area is 137 Å². The molecule has 0 spiro atoms. The van der Waals surface area contributed by atoms with E-state index in [1.165, 1.54) is 4.90 Å². The van der Waals surface area contributed by atoms with E-state index >= 15 is 0 Å². The van der Waals surface area contributed by atoms with Gasteiger partial charge in [-0.2, -0.15) is 0 Å². The second kappa shape index (κ2) is 6.79. The van der Waals surface area contributed by atoms with Crippen molar-refractivity contribution >= 4 is 21.4 Å². The fourth-order valence-corrected chi connectivity index (χ4v) is 3.41. The Bertz CT molecular complexity index is 806. The highest BCUT2D eigenvalue weighted by Gasteiger charge is 2.23. The van der Waals surface area contributed by atoms with Crippen LogP contribution in [0.15, 0.2) is 66.1 Å². The number of sulfone groups is 1. The molecule has 0 saturated heterocycles. The average Bonchev–Trinajstić information content (AvgIpc) is 2.53. The minimum Gasteiger partial charge on any atom is -0.294 e. The smallest absolute Gasteiger partial charge is 0.251 e. The summed E-state index contributed by atoms with van der Waals surface area (Å²) in [7, 11) is -3.63. The first-order valence-corrected chi connectivity index (χ1v) is 8.79. The molecule has 120 valence electrons. The standard InChI is InChI=1S/C18H19NO3S/c1-4-18(20)19(16-9-5-14(2)6-10-16)13-23(21,22)17-11-7-15(3)8-12-17/h4-12H,1,13H2,2-3H3. The Hall–Kier alpha value is -2.40. The molecule has 0 atom stereocenters. The van der Waals surface area contributed by atoms with Gasteiger partial charge < -0.3 is 0 Å². The van der Waals surface area contributed by atoms with Crippen molar-refractivity contribution < 1.29 is 13.2 Å². The van der Waals surface area contributed by atoms with E-state index in [4.69, 9.17) is 0 Å². The number of carbonyl (C=O) groups excluding carboxylic acids is 1. The summed E-state index contributed by atoms with van der Waals surface area (Å²) in [5, 5.41) is 0. The summed E-state index contributed by atoms with van der Waals surface area (Å²) in [4.78, 5) is 13.5. The molecular weight excluding hydrogens is 310 g/mol. The van der Waals surface area contributed by atoms with Crippen molar-refractivity contribution in [2.24, 2.45) is 0 Å². The molecule has 0 unspecified atom stereocenters. The highest BCUT2D eigenvalue weighted by Crippen LogP contribution is 2.20. The third-order valence-electron chi connectivity index (χ3n) is 3.47. The van der Waals surface area contributed by atoms with Gasteiger partial charge in [-0.15, -0.1) is 0 Å². The number of hydrogen-bond donors (Lipinski definition) is 0. The van der Waals surface area contributed by atoms with Crippen LogP contribution in [-0.4, -0.2) is 20.2 Å². The van der Waals surface area contributed by atoms with Crippen molar-refractivity contribution in [1.82, 2.24) is 0 Å². The zero-order valence-electron chi connectivity index (χ0n) is 13.2. The highest BCUT2D eigenvalue weighted by atomic mass is 32.2. The second-order valence-electron chi connectivity index (χ2n) is 5.36. The van der Waals surface area contributed by atoms with E-state index in [1.54, 1.807) is 36.4 Å². The van der Waals surface area contributed by atoms with Crippen LogP contribution < -0.4 is 4.90 Å². The first-order chi connectivity index (χ1) is 10.8. The molecule has 0 radical (unpaired) electrons. The highest BCUT2D eigenvalue weighted by molar-refractivity contribution is 7.91. The van der Waals surface area contributed by atoms with E-state index in [-0.39, 0.29) is 4.90 Å². The lowest BCUT2D eigenvalue weighted by Gasteiger charge is -2.21. The third-order valence-corrected chi connectivity index (χ3v) is 5.05. The molecule has 5 heteroatoms. The average molecular weight is 329 g/mol. The normalized spacial score (nSPS) is 11.0. The second-order valence-corrected chi connectivity index (χ2v) is 7.32. The third kappa shape index (κ3) is 4.07. The summed E-state index contributed by atoms with van der Waals surface area (Å²) in [6, 6.07) is 13.7. The Morgan fingerprint density at radius 3 is 1.96 bits per heavy atom. The Balaban J connectivity index is 2.37. The molecule has 0 aliphatic carbocycles. The van der Waals surface area contributed by atoms with Gasteiger partial charge in [0.15, 0.2) is 9.84 Å². The van der Waals surface area contributed by atoms with Crippen LogP contribution in [0.5, 0.6) is 0 Å². The van der Waals surface area contributed by atoms with Crippen LogP contribution in [0.3, 0.4) is 0 Å². The molecule has 0 aliphatic heterocycles. The zero-order chi connectivity index (χ0) is 17.0. The van der Waals surface area contributed by atoms with E-state index in [0.29, 0.717) is 5.69 Å². The van der Waals surface area contributed by atoms with Gasteiger partial charge in [-0.25, -0.2) is 8.42 Å². The lowest BCUT2D eigenvalue weighted by Crippen LogP contribution is -2.34. The van der Waals surface area contributed by atoms with Gasteiger partial charge in [0.05, 0.1) is 4.90 Å². The lowest BCUT2D eigenvalue weighted by molar-refractivity contribution is -0.114. The number of anilines is 1. The molecule has 23 heavy (non-hydrogen) atoms.